The Hall–Kier alpha value is -1.71. The van der Waals surface area contributed by atoms with Gasteiger partial charge in [0.1, 0.15) is 16.5 Å². The summed E-state index contributed by atoms with van der Waals surface area (Å²) in [5.41, 5.74) is 8.56. The first-order chi connectivity index (χ1) is 11.0. The molecule has 0 radical (unpaired) electrons. The number of thioether (sulfide) groups is 1. The van der Waals surface area contributed by atoms with Crippen LogP contribution >= 0.6 is 23.1 Å². The number of aromatic nitrogens is 1. The summed E-state index contributed by atoms with van der Waals surface area (Å²) in [7, 11) is 0. The molecule has 4 rings (SSSR count). The van der Waals surface area contributed by atoms with Gasteiger partial charge in [0.15, 0.2) is 5.75 Å². The average molecular weight is 343 g/mol. The highest BCUT2D eigenvalue weighted by Crippen LogP contribution is 2.59. The largest absolute Gasteiger partial charge is 0.439 e. The van der Waals surface area contributed by atoms with Gasteiger partial charge in [-0.2, -0.15) is 17.0 Å². The Morgan fingerprint density at radius 1 is 1.48 bits per heavy atom. The van der Waals surface area contributed by atoms with Gasteiger partial charge in [0.05, 0.1) is 15.7 Å². The number of rotatable bonds is 0. The molecule has 0 unspecified atom stereocenters. The molecule has 1 fully saturated rings. The van der Waals surface area contributed by atoms with E-state index in [0.29, 0.717) is 10.8 Å². The third-order valence-corrected chi connectivity index (χ3v) is 7.51. The lowest BCUT2D eigenvalue weighted by atomic mass is 9.73. The SMILES string of the molecule is Cc1cc(C)c2c3c(sc2n1)[C@@]1(CCS[C@@H]1C)C(C#N)=C(N)O3. The molecule has 2 aliphatic rings. The van der Waals surface area contributed by atoms with Crippen LogP contribution in [-0.4, -0.2) is 16.0 Å². The van der Waals surface area contributed by atoms with E-state index in [1.807, 2.05) is 18.7 Å². The number of nitrogens with two attached hydrogens (primary N) is 1. The lowest BCUT2D eigenvalue weighted by molar-refractivity contribution is 0.359. The monoisotopic (exact) mass is 343 g/mol. The molecule has 1 saturated heterocycles. The molecule has 2 aromatic rings. The van der Waals surface area contributed by atoms with Gasteiger partial charge in [-0.1, -0.05) is 6.92 Å². The van der Waals surface area contributed by atoms with E-state index in [4.69, 9.17) is 10.5 Å². The summed E-state index contributed by atoms with van der Waals surface area (Å²) >= 11 is 3.55. The minimum absolute atomic E-state index is 0.258. The molecule has 0 amide bonds. The van der Waals surface area contributed by atoms with Crippen LogP contribution in [0.25, 0.3) is 10.2 Å². The number of thiophene rings is 1. The molecule has 4 nitrogen and oxygen atoms in total. The smallest absolute Gasteiger partial charge is 0.205 e. The van der Waals surface area contributed by atoms with Crippen LogP contribution in [0.4, 0.5) is 0 Å². The second-order valence-corrected chi connectivity index (χ2v) is 8.66. The first kappa shape index (κ1) is 14.9. The van der Waals surface area contributed by atoms with Crippen LogP contribution in [0.2, 0.25) is 0 Å². The Morgan fingerprint density at radius 3 is 2.91 bits per heavy atom. The molecule has 0 aromatic carbocycles. The summed E-state index contributed by atoms with van der Waals surface area (Å²) in [5.74, 6) is 2.11. The fourth-order valence-electron chi connectivity index (χ4n) is 3.82. The maximum absolute atomic E-state index is 9.72. The molecule has 2 aromatic heterocycles. The fourth-order valence-corrected chi connectivity index (χ4v) is 6.86. The molecule has 6 heteroatoms. The molecule has 0 bridgehead atoms. The Labute approximate surface area is 143 Å². The van der Waals surface area contributed by atoms with Gasteiger partial charge in [0, 0.05) is 10.9 Å². The zero-order valence-corrected chi connectivity index (χ0v) is 14.9. The number of hydrogen-bond acceptors (Lipinski definition) is 6. The number of ether oxygens (including phenoxy) is 1. The first-order valence-corrected chi connectivity index (χ1v) is 9.46. The predicted molar refractivity (Wildman–Crippen MR) is 94.8 cm³/mol. The van der Waals surface area contributed by atoms with Gasteiger partial charge < -0.3 is 10.5 Å². The third kappa shape index (κ3) is 1.81. The zero-order chi connectivity index (χ0) is 16.4. The molecule has 0 saturated carbocycles. The highest BCUT2D eigenvalue weighted by Gasteiger charge is 2.53. The van der Waals surface area contributed by atoms with Crippen molar-refractivity contribution in [3.63, 3.8) is 0 Å². The normalized spacial score (nSPS) is 26.4. The third-order valence-electron chi connectivity index (χ3n) is 4.92. The Bertz CT molecular complexity index is 909. The lowest BCUT2D eigenvalue weighted by Crippen LogP contribution is -2.38. The average Bonchev–Trinajstić information content (AvgIpc) is 3.02. The van der Waals surface area contributed by atoms with Crippen molar-refractivity contribution in [2.75, 3.05) is 5.75 Å². The standard InChI is InChI=1S/C17H17N3OS2/c1-8-6-9(2)20-16-12(8)13-14(23-16)17(4-5-22-10(17)3)11(7-18)15(19)21-13/h6,10H,4-5,19H2,1-3H3/t10-,17-/m1/s1. The summed E-state index contributed by atoms with van der Waals surface area (Å²) in [5, 5.41) is 11.1. The number of nitriles is 1. The van der Waals surface area contributed by atoms with Crippen molar-refractivity contribution >= 4 is 33.3 Å². The maximum atomic E-state index is 9.72. The quantitative estimate of drug-likeness (QED) is 0.788. The molecule has 0 aliphatic carbocycles. The van der Waals surface area contributed by atoms with Crippen LogP contribution in [0.5, 0.6) is 5.75 Å². The minimum atomic E-state index is -0.331. The molecule has 2 N–H and O–H groups in total. The Morgan fingerprint density at radius 2 is 2.26 bits per heavy atom. The van der Waals surface area contributed by atoms with Crippen molar-refractivity contribution in [1.82, 2.24) is 4.98 Å². The van der Waals surface area contributed by atoms with Crippen molar-refractivity contribution < 1.29 is 4.74 Å². The van der Waals surface area contributed by atoms with Gasteiger partial charge in [0.2, 0.25) is 5.88 Å². The fraction of sp³-hybridized carbons (Fsp3) is 0.412. The zero-order valence-electron chi connectivity index (χ0n) is 13.3. The number of aryl methyl sites for hydroxylation is 2. The van der Waals surface area contributed by atoms with Crippen LogP contribution in [0.15, 0.2) is 17.5 Å². The predicted octanol–water partition coefficient (Wildman–Crippen LogP) is 3.76. The van der Waals surface area contributed by atoms with E-state index in [2.05, 4.69) is 31.0 Å². The number of hydrogen-bond donors (Lipinski definition) is 1. The second kappa shape index (κ2) is 4.89. The van der Waals surface area contributed by atoms with Crippen LogP contribution in [0.1, 0.15) is 29.5 Å². The summed E-state index contributed by atoms with van der Waals surface area (Å²) < 4.78 is 5.94. The van der Waals surface area contributed by atoms with E-state index in [9.17, 15) is 5.26 Å². The minimum Gasteiger partial charge on any atom is -0.439 e. The van der Waals surface area contributed by atoms with E-state index in [1.54, 1.807) is 11.3 Å². The molecule has 23 heavy (non-hydrogen) atoms. The molecular weight excluding hydrogens is 326 g/mol. The van der Waals surface area contributed by atoms with Gasteiger partial charge in [-0.15, -0.1) is 11.3 Å². The van der Waals surface area contributed by atoms with Crippen molar-refractivity contribution in [2.45, 2.75) is 37.9 Å². The topological polar surface area (TPSA) is 71.9 Å². The van der Waals surface area contributed by atoms with Crippen LogP contribution < -0.4 is 10.5 Å². The van der Waals surface area contributed by atoms with E-state index >= 15 is 0 Å². The number of allylic oxidation sites excluding steroid dienone is 1. The first-order valence-electron chi connectivity index (χ1n) is 7.60. The van der Waals surface area contributed by atoms with Crippen LogP contribution in [-0.2, 0) is 5.41 Å². The van der Waals surface area contributed by atoms with Crippen LogP contribution in [0, 0.1) is 25.2 Å². The number of fused-ring (bicyclic) bond motifs is 4. The highest BCUT2D eigenvalue weighted by molar-refractivity contribution is 8.00. The number of pyridine rings is 1. The maximum Gasteiger partial charge on any atom is 0.205 e. The van der Waals surface area contributed by atoms with Gasteiger partial charge in [-0.25, -0.2) is 4.98 Å². The summed E-state index contributed by atoms with van der Waals surface area (Å²) in [6.45, 7) is 6.27. The van der Waals surface area contributed by atoms with Gasteiger partial charge >= 0.3 is 0 Å². The van der Waals surface area contributed by atoms with Crippen LogP contribution in [0.3, 0.4) is 0 Å². The molecule has 2 aliphatic heterocycles. The van der Waals surface area contributed by atoms with Crippen molar-refractivity contribution in [3.05, 3.63) is 33.7 Å². The Balaban J connectivity index is 2.10. The van der Waals surface area contributed by atoms with E-state index < -0.39 is 0 Å². The van der Waals surface area contributed by atoms with Crippen molar-refractivity contribution in [3.8, 4) is 11.8 Å². The van der Waals surface area contributed by atoms with Gasteiger partial charge in [-0.3, -0.25) is 0 Å². The van der Waals surface area contributed by atoms with Crippen molar-refractivity contribution in [1.29, 1.82) is 5.26 Å². The molecule has 4 heterocycles. The summed E-state index contributed by atoms with van der Waals surface area (Å²) in [6, 6.07) is 4.40. The molecule has 118 valence electrons. The molecular formula is C17H17N3OS2. The Kier molecular flexibility index (Phi) is 3.16. The van der Waals surface area contributed by atoms with E-state index in [0.717, 1.165) is 44.3 Å². The summed E-state index contributed by atoms with van der Waals surface area (Å²) in [6.07, 6.45) is 0.920. The lowest BCUT2D eigenvalue weighted by Gasteiger charge is -2.36. The molecule has 2 atom stereocenters. The van der Waals surface area contributed by atoms with E-state index in [-0.39, 0.29) is 11.3 Å². The molecule has 1 spiro atoms. The van der Waals surface area contributed by atoms with E-state index in [1.165, 1.54) is 0 Å². The van der Waals surface area contributed by atoms with Gasteiger partial charge in [-0.05, 0) is 37.7 Å². The second-order valence-electron chi connectivity index (χ2n) is 6.21. The summed E-state index contributed by atoms with van der Waals surface area (Å²) in [4.78, 5) is 6.78. The van der Waals surface area contributed by atoms with Crippen molar-refractivity contribution in [2.24, 2.45) is 5.73 Å². The van der Waals surface area contributed by atoms with Gasteiger partial charge in [0.25, 0.3) is 0 Å². The number of nitrogens with zero attached hydrogens (tertiary/aromatic N) is 2. The highest BCUT2D eigenvalue weighted by atomic mass is 32.2.